The predicted octanol–water partition coefficient (Wildman–Crippen LogP) is 0.476. The average molecular weight is 270 g/mol. The Labute approximate surface area is 113 Å². The Hall–Kier alpha value is -1.44. The second kappa shape index (κ2) is 9.48. The molecule has 108 valence electrons. The van der Waals surface area contributed by atoms with Crippen molar-refractivity contribution in [3.05, 3.63) is 11.9 Å². The molecule has 7 nitrogen and oxygen atoms in total. The highest BCUT2D eigenvalue weighted by atomic mass is 16.5. The predicted molar refractivity (Wildman–Crippen MR) is 73.3 cm³/mol. The van der Waals surface area contributed by atoms with Crippen molar-refractivity contribution in [1.29, 1.82) is 0 Å². The van der Waals surface area contributed by atoms with Gasteiger partial charge in [-0.2, -0.15) is 0 Å². The first-order valence-corrected chi connectivity index (χ1v) is 6.36. The molecule has 0 fully saturated rings. The van der Waals surface area contributed by atoms with E-state index in [1.165, 1.54) is 0 Å². The topological polar surface area (TPSA) is 88.5 Å². The molecule has 0 spiro atoms. The van der Waals surface area contributed by atoms with E-state index < -0.39 is 0 Å². The van der Waals surface area contributed by atoms with Crippen LogP contribution in [0.15, 0.2) is 6.07 Å². The Balaban J connectivity index is 2.50. The van der Waals surface area contributed by atoms with Gasteiger partial charge in [0, 0.05) is 26.3 Å². The maximum Gasteiger partial charge on any atom is 0.158 e. The molecule has 0 aliphatic rings. The SMILES string of the molecule is CCOCc1nc(NC)cc(NCCOCCO)n1. The van der Waals surface area contributed by atoms with Gasteiger partial charge in [-0.15, -0.1) is 0 Å². The molecule has 0 amide bonds. The standard InChI is InChI=1S/C12H22N4O3/c1-3-18-9-12-15-10(13-2)8-11(16-12)14-4-6-19-7-5-17/h8,17H,3-7,9H2,1-2H3,(H2,13,14,15,16). The van der Waals surface area contributed by atoms with Crippen molar-refractivity contribution >= 4 is 11.6 Å². The average Bonchev–Trinajstić information content (AvgIpc) is 2.44. The van der Waals surface area contributed by atoms with Gasteiger partial charge < -0.3 is 25.2 Å². The van der Waals surface area contributed by atoms with Crippen LogP contribution in [0.5, 0.6) is 0 Å². The van der Waals surface area contributed by atoms with Gasteiger partial charge >= 0.3 is 0 Å². The van der Waals surface area contributed by atoms with Crippen LogP contribution in [-0.2, 0) is 16.1 Å². The Morgan fingerprint density at radius 2 is 2.00 bits per heavy atom. The molecule has 1 aromatic heterocycles. The molecule has 1 rings (SSSR count). The summed E-state index contributed by atoms with van der Waals surface area (Å²) in [6.07, 6.45) is 0. The molecule has 1 heterocycles. The lowest BCUT2D eigenvalue weighted by Gasteiger charge is -2.10. The van der Waals surface area contributed by atoms with Crippen molar-refractivity contribution in [2.75, 3.05) is 50.7 Å². The van der Waals surface area contributed by atoms with E-state index in [1.807, 2.05) is 13.0 Å². The number of ether oxygens (including phenoxy) is 2. The molecule has 0 saturated heterocycles. The zero-order chi connectivity index (χ0) is 13.9. The van der Waals surface area contributed by atoms with Crippen LogP contribution in [-0.4, -0.2) is 55.1 Å². The number of hydrogen-bond acceptors (Lipinski definition) is 7. The third-order valence-electron chi connectivity index (χ3n) is 2.25. The lowest BCUT2D eigenvalue weighted by molar-refractivity contribution is 0.0991. The molecule has 7 heteroatoms. The molecule has 0 aliphatic carbocycles. The highest BCUT2D eigenvalue weighted by Crippen LogP contribution is 2.11. The monoisotopic (exact) mass is 270 g/mol. The quantitative estimate of drug-likeness (QED) is 0.533. The van der Waals surface area contributed by atoms with Gasteiger partial charge in [-0.1, -0.05) is 0 Å². The summed E-state index contributed by atoms with van der Waals surface area (Å²) in [5, 5.41) is 14.7. The van der Waals surface area contributed by atoms with E-state index in [9.17, 15) is 0 Å². The van der Waals surface area contributed by atoms with Crippen LogP contribution >= 0.6 is 0 Å². The van der Waals surface area contributed by atoms with E-state index in [-0.39, 0.29) is 6.61 Å². The first kappa shape index (κ1) is 15.6. The molecular weight excluding hydrogens is 248 g/mol. The highest BCUT2D eigenvalue weighted by Gasteiger charge is 2.03. The summed E-state index contributed by atoms with van der Waals surface area (Å²) in [4.78, 5) is 8.64. The number of nitrogens with one attached hydrogen (secondary N) is 2. The van der Waals surface area contributed by atoms with Crippen LogP contribution in [0.25, 0.3) is 0 Å². The highest BCUT2D eigenvalue weighted by molar-refractivity contribution is 5.47. The lowest BCUT2D eigenvalue weighted by Crippen LogP contribution is -2.13. The smallest absolute Gasteiger partial charge is 0.158 e. The van der Waals surface area contributed by atoms with Gasteiger partial charge in [0.15, 0.2) is 5.82 Å². The van der Waals surface area contributed by atoms with Crippen molar-refractivity contribution in [2.24, 2.45) is 0 Å². The second-order valence-electron chi connectivity index (χ2n) is 3.70. The Morgan fingerprint density at radius 1 is 1.21 bits per heavy atom. The van der Waals surface area contributed by atoms with Crippen molar-refractivity contribution in [3.8, 4) is 0 Å². The van der Waals surface area contributed by atoms with Crippen LogP contribution in [0, 0.1) is 0 Å². The number of aliphatic hydroxyl groups is 1. The summed E-state index contributed by atoms with van der Waals surface area (Å²) >= 11 is 0. The minimum Gasteiger partial charge on any atom is -0.394 e. The molecule has 0 aliphatic heterocycles. The van der Waals surface area contributed by atoms with E-state index in [2.05, 4.69) is 20.6 Å². The van der Waals surface area contributed by atoms with E-state index in [1.54, 1.807) is 7.05 Å². The number of aliphatic hydroxyl groups excluding tert-OH is 1. The third kappa shape index (κ3) is 6.32. The Bertz CT molecular complexity index is 363. The summed E-state index contributed by atoms with van der Waals surface area (Å²) in [6, 6.07) is 1.82. The minimum absolute atomic E-state index is 0.0376. The Kier molecular flexibility index (Phi) is 7.80. The summed E-state index contributed by atoms with van der Waals surface area (Å²) < 4.78 is 10.5. The molecule has 3 N–H and O–H groups in total. The molecule has 0 saturated carbocycles. The number of hydrogen-bond donors (Lipinski definition) is 3. The summed E-state index contributed by atoms with van der Waals surface area (Å²) in [5.74, 6) is 2.10. The fraction of sp³-hybridized carbons (Fsp3) is 0.667. The fourth-order valence-electron chi connectivity index (χ4n) is 1.39. The van der Waals surface area contributed by atoms with Gasteiger partial charge in [0.25, 0.3) is 0 Å². The van der Waals surface area contributed by atoms with Gasteiger partial charge in [0.05, 0.1) is 19.8 Å². The van der Waals surface area contributed by atoms with Crippen molar-refractivity contribution < 1.29 is 14.6 Å². The van der Waals surface area contributed by atoms with Gasteiger partial charge in [-0.05, 0) is 6.92 Å². The van der Waals surface area contributed by atoms with Crippen molar-refractivity contribution in [1.82, 2.24) is 9.97 Å². The molecule has 0 atom stereocenters. The maximum atomic E-state index is 8.58. The third-order valence-corrected chi connectivity index (χ3v) is 2.25. The van der Waals surface area contributed by atoms with Crippen LogP contribution in [0.1, 0.15) is 12.7 Å². The maximum absolute atomic E-state index is 8.58. The largest absolute Gasteiger partial charge is 0.394 e. The fourth-order valence-corrected chi connectivity index (χ4v) is 1.39. The van der Waals surface area contributed by atoms with Crippen molar-refractivity contribution in [2.45, 2.75) is 13.5 Å². The normalized spacial score (nSPS) is 10.5. The lowest BCUT2D eigenvalue weighted by atomic mass is 10.4. The van der Waals surface area contributed by atoms with Crippen LogP contribution < -0.4 is 10.6 Å². The number of anilines is 2. The summed E-state index contributed by atoms with van der Waals surface area (Å²) in [7, 11) is 1.81. The molecule has 0 radical (unpaired) electrons. The minimum atomic E-state index is 0.0376. The second-order valence-corrected chi connectivity index (χ2v) is 3.70. The molecule has 0 bridgehead atoms. The summed E-state index contributed by atoms with van der Waals surface area (Å²) in [5.41, 5.74) is 0. The first-order valence-electron chi connectivity index (χ1n) is 6.36. The zero-order valence-electron chi connectivity index (χ0n) is 11.5. The number of rotatable bonds is 10. The molecule has 19 heavy (non-hydrogen) atoms. The van der Waals surface area contributed by atoms with E-state index >= 15 is 0 Å². The van der Waals surface area contributed by atoms with Crippen molar-refractivity contribution in [3.63, 3.8) is 0 Å². The van der Waals surface area contributed by atoms with Gasteiger partial charge in [0.1, 0.15) is 18.2 Å². The zero-order valence-corrected chi connectivity index (χ0v) is 11.5. The van der Waals surface area contributed by atoms with E-state index in [0.29, 0.717) is 38.8 Å². The molecule has 1 aromatic rings. The van der Waals surface area contributed by atoms with Gasteiger partial charge in [-0.25, -0.2) is 9.97 Å². The van der Waals surface area contributed by atoms with Gasteiger partial charge in [-0.3, -0.25) is 0 Å². The van der Waals surface area contributed by atoms with E-state index in [0.717, 1.165) is 11.6 Å². The molecular formula is C12H22N4O3. The van der Waals surface area contributed by atoms with Gasteiger partial charge in [0.2, 0.25) is 0 Å². The summed E-state index contributed by atoms with van der Waals surface area (Å²) in [6.45, 7) is 4.47. The van der Waals surface area contributed by atoms with Crippen LogP contribution in [0.4, 0.5) is 11.6 Å². The number of nitrogens with zero attached hydrogens (tertiary/aromatic N) is 2. The van der Waals surface area contributed by atoms with E-state index in [4.69, 9.17) is 14.6 Å². The van der Waals surface area contributed by atoms with Crippen LogP contribution in [0.2, 0.25) is 0 Å². The number of aromatic nitrogens is 2. The Morgan fingerprint density at radius 3 is 2.68 bits per heavy atom. The molecule has 0 aromatic carbocycles. The molecule has 0 unspecified atom stereocenters. The van der Waals surface area contributed by atoms with Crippen LogP contribution in [0.3, 0.4) is 0 Å². The first-order chi connectivity index (χ1) is 9.30.